The molecule has 0 bridgehead atoms. The summed E-state index contributed by atoms with van der Waals surface area (Å²) in [5, 5.41) is 7.04. The van der Waals surface area contributed by atoms with Gasteiger partial charge in [0.15, 0.2) is 5.82 Å². The van der Waals surface area contributed by atoms with Gasteiger partial charge < -0.3 is 14.6 Å². The minimum atomic E-state index is -0.252. The monoisotopic (exact) mass is 413 g/mol. The van der Waals surface area contributed by atoms with Gasteiger partial charge in [-0.2, -0.15) is 4.98 Å². The zero-order valence-corrected chi connectivity index (χ0v) is 17.6. The van der Waals surface area contributed by atoms with Crippen molar-refractivity contribution in [3.05, 3.63) is 89.7 Å². The molecule has 31 heavy (non-hydrogen) atoms. The maximum atomic E-state index is 13.0. The number of aryl methyl sites for hydroxylation is 1. The van der Waals surface area contributed by atoms with Gasteiger partial charge in [0.2, 0.25) is 0 Å². The third-order valence-electron chi connectivity index (χ3n) is 4.77. The molecule has 6 heteroatoms. The molecule has 1 aromatic heterocycles. The van der Waals surface area contributed by atoms with Crippen LogP contribution in [0.2, 0.25) is 0 Å². The fourth-order valence-corrected chi connectivity index (χ4v) is 3.10. The van der Waals surface area contributed by atoms with Gasteiger partial charge in [-0.05, 0) is 48.9 Å². The van der Waals surface area contributed by atoms with Crippen molar-refractivity contribution in [3.8, 4) is 23.0 Å². The van der Waals surface area contributed by atoms with Crippen LogP contribution in [-0.2, 0) is 0 Å². The molecule has 0 unspecified atom stereocenters. The largest absolute Gasteiger partial charge is 0.457 e. The summed E-state index contributed by atoms with van der Waals surface area (Å²) in [6.07, 6.45) is 0. The molecule has 4 rings (SSSR count). The van der Waals surface area contributed by atoms with Crippen LogP contribution in [0.25, 0.3) is 11.5 Å². The molecule has 6 nitrogen and oxygen atoms in total. The number of hydrogen-bond acceptors (Lipinski definition) is 5. The lowest BCUT2D eigenvalue weighted by atomic mass is 10.1. The molecule has 0 atom stereocenters. The summed E-state index contributed by atoms with van der Waals surface area (Å²) >= 11 is 0. The summed E-state index contributed by atoms with van der Waals surface area (Å²) in [6, 6.07) is 22.2. The first kappa shape index (κ1) is 20.3. The van der Waals surface area contributed by atoms with Crippen molar-refractivity contribution in [2.45, 2.75) is 26.7 Å². The lowest BCUT2D eigenvalue weighted by Crippen LogP contribution is -2.13. The fourth-order valence-electron chi connectivity index (χ4n) is 3.10. The Hall–Kier alpha value is -3.93. The Kier molecular flexibility index (Phi) is 5.80. The number of carbonyl (C=O) groups is 1. The Balaban J connectivity index is 1.60. The van der Waals surface area contributed by atoms with E-state index in [1.807, 2.05) is 75.4 Å². The van der Waals surface area contributed by atoms with Crippen LogP contribution in [0.1, 0.15) is 41.5 Å². The van der Waals surface area contributed by atoms with Gasteiger partial charge in [0, 0.05) is 11.5 Å². The second kappa shape index (κ2) is 8.83. The third-order valence-corrected chi connectivity index (χ3v) is 4.77. The van der Waals surface area contributed by atoms with Crippen LogP contribution in [0.5, 0.6) is 11.5 Å². The van der Waals surface area contributed by atoms with Crippen LogP contribution in [0, 0.1) is 6.92 Å². The smallest absolute Gasteiger partial charge is 0.260 e. The number of ether oxygens (including phenoxy) is 1. The molecule has 1 heterocycles. The van der Waals surface area contributed by atoms with Gasteiger partial charge in [0.25, 0.3) is 11.8 Å². The number of rotatable bonds is 6. The molecule has 0 saturated heterocycles. The molecule has 0 aliphatic heterocycles. The quantitative estimate of drug-likeness (QED) is 0.406. The van der Waals surface area contributed by atoms with Gasteiger partial charge in [-0.3, -0.25) is 4.79 Å². The second-order valence-electron chi connectivity index (χ2n) is 7.51. The van der Waals surface area contributed by atoms with Gasteiger partial charge in [0.05, 0.1) is 11.3 Å². The maximum Gasteiger partial charge on any atom is 0.260 e. The molecule has 1 amide bonds. The molecule has 1 N–H and O–H groups in total. The van der Waals surface area contributed by atoms with Crippen LogP contribution in [0.4, 0.5) is 5.69 Å². The van der Waals surface area contributed by atoms with Crippen molar-refractivity contribution in [1.82, 2.24) is 10.1 Å². The first-order valence-electron chi connectivity index (χ1n) is 10.1. The molecule has 0 fully saturated rings. The van der Waals surface area contributed by atoms with Gasteiger partial charge in [-0.25, -0.2) is 0 Å². The minimum absolute atomic E-state index is 0.146. The van der Waals surface area contributed by atoms with Gasteiger partial charge in [0.1, 0.15) is 11.5 Å². The van der Waals surface area contributed by atoms with E-state index >= 15 is 0 Å². The molecule has 0 spiro atoms. The van der Waals surface area contributed by atoms with E-state index in [4.69, 9.17) is 9.26 Å². The van der Waals surface area contributed by atoms with Crippen LogP contribution in [0.15, 0.2) is 77.3 Å². The van der Waals surface area contributed by atoms with Gasteiger partial charge in [-0.15, -0.1) is 0 Å². The summed E-state index contributed by atoms with van der Waals surface area (Å²) in [4.78, 5) is 17.5. The molecule has 0 aliphatic carbocycles. The Bertz CT molecular complexity index is 1200. The van der Waals surface area contributed by atoms with Crippen LogP contribution >= 0.6 is 0 Å². The molecule has 156 valence electrons. The average molecular weight is 413 g/mol. The summed E-state index contributed by atoms with van der Waals surface area (Å²) in [7, 11) is 0. The molecule has 4 aromatic rings. The van der Waals surface area contributed by atoms with Crippen molar-refractivity contribution < 1.29 is 14.1 Å². The lowest BCUT2D eigenvalue weighted by molar-refractivity contribution is 0.102. The standard InChI is InChI=1S/C25H23N3O3/c1-16(2)23-27-25(31-28-23)21-14-7-9-17(3)22(21)26-24(29)18-10-8-13-20(15-18)30-19-11-5-4-6-12-19/h4-16H,1-3H3,(H,26,29). The highest BCUT2D eigenvalue weighted by atomic mass is 16.5. The van der Waals surface area contributed by atoms with Crippen molar-refractivity contribution in [1.29, 1.82) is 0 Å². The highest BCUT2D eigenvalue weighted by Gasteiger charge is 2.18. The number of anilines is 1. The normalized spacial score (nSPS) is 10.8. The topological polar surface area (TPSA) is 77.3 Å². The SMILES string of the molecule is Cc1cccc(-c2nc(C(C)C)no2)c1NC(=O)c1cccc(Oc2ccccc2)c1. The number of nitrogens with one attached hydrogen (secondary N) is 1. The molecular formula is C25H23N3O3. The number of benzene rings is 3. The number of amides is 1. The zero-order valence-electron chi connectivity index (χ0n) is 17.6. The number of aromatic nitrogens is 2. The van der Waals surface area contributed by atoms with Gasteiger partial charge in [-0.1, -0.05) is 55.4 Å². The summed E-state index contributed by atoms with van der Waals surface area (Å²) in [5.74, 6) is 2.19. The number of para-hydroxylation sites is 2. The molecule has 0 radical (unpaired) electrons. The van der Waals surface area contributed by atoms with E-state index < -0.39 is 0 Å². The van der Waals surface area contributed by atoms with E-state index in [-0.39, 0.29) is 11.8 Å². The number of nitrogens with zero attached hydrogens (tertiary/aromatic N) is 2. The fraction of sp³-hybridized carbons (Fsp3) is 0.160. The van der Waals surface area contributed by atoms with Crippen LogP contribution in [-0.4, -0.2) is 16.0 Å². The van der Waals surface area contributed by atoms with Crippen molar-refractivity contribution in [2.75, 3.05) is 5.32 Å². The Morgan fingerprint density at radius 3 is 2.45 bits per heavy atom. The summed E-state index contributed by atoms with van der Waals surface area (Å²) < 4.78 is 11.3. The molecule has 0 aliphatic rings. The van der Waals surface area contributed by atoms with E-state index in [1.54, 1.807) is 18.2 Å². The predicted octanol–water partition coefficient (Wildman–Crippen LogP) is 6.21. The molecule has 3 aromatic carbocycles. The van der Waals surface area contributed by atoms with Crippen molar-refractivity contribution >= 4 is 11.6 Å². The highest BCUT2D eigenvalue weighted by Crippen LogP contribution is 2.31. The number of carbonyl (C=O) groups excluding carboxylic acids is 1. The van der Waals surface area contributed by atoms with Crippen molar-refractivity contribution in [2.24, 2.45) is 0 Å². The summed E-state index contributed by atoms with van der Waals surface area (Å²) in [5.41, 5.74) is 2.70. The zero-order chi connectivity index (χ0) is 21.8. The Morgan fingerprint density at radius 2 is 1.71 bits per heavy atom. The first-order chi connectivity index (χ1) is 15.0. The maximum absolute atomic E-state index is 13.0. The Morgan fingerprint density at radius 1 is 0.968 bits per heavy atom. The third kappa shape index (κ3) is 4.64. The predicted molar refractivity (Wildman–Crippen MR) is 119 cm³/mol. The van der Waals surface area contributed by atoms with E-state index in [1.165, 1.54) is 0 Å². The highest BCUT2D eigenvalue weighted by molar-refractivity contribution is 6.06. The average Bonchev–Trinajstić information content (AvgIpc) is 3.26. The van der Waals surface area contributed by atoms with Crippen LogP contribution in [0.3, 0.4) is 0 Å². The van der Waals surface area contributed by atoms with E-state index in [9.17, 15) is 4.79 Å². The molecule has 0 saturated carbocycles. The first-order valence-corrected chi connectivity index (χ1v) is 10.1. The summed E-state index contributed by atoms with van der Waals surface area (Å²) in [6.45, 7) is 5.92. The van der Waals surface area contributed by atoms with E-state index in [0.29, 0.717) is 40.0 Å². The van der Waals surface area contributed by atoms with E-state index in [0.717, 1.165) is 5.56 Å². The van der Waals surface area contributed by atoms with Crippen LogP contribution < -0.4 is 10.1 Å². The lowest BCUT2D eigenvalue weighted by Gasteiger charge is -2.12. The molecular weight excluding hydrogens is 390 g/mol. The second-order valence-corrected chi connectivity index (χ2v) is 7.51. The van der Waals surface area contributed by atoms with E-state index in [2.05, 4.69) is 15.5 Å². The van der Waals surface area contributed by atoms with Gasteiger partial charge >= 0.3 is 0 Å². The minimum Gasteiger partial charge on any atom is -0.457 e. The number of hydrogen-bond donors (Lipinski definition) is 1. The van der Waals surface area contributed by atoms with Crippen molar-refractivity contribution in [3.63, 3.8) is 0 Å². The Labute approximate surface area is 180 Å².